The lowest BCUT2D eigenvalue weighted by atomic mass is 10.0. The van der Waals surface area contributed by atoms with E-state index in [0.717, 1.165) is 16.5 Å². The Hall–Kier alpha value is -0.670. The van der Waals surface area contributed by atoms with Crippen LogP contribution in [0.1, 0.15) is 24.5 Å². The van der Waals surface area contributed by atoms with E-state index in [1.165, 1.54) is 0 Å². The number of benzene rings is 1. The van der Waals surface area contributed by atoms with Crippen molar-refractivity contribution in [3.8, 4) is 0 Å². The summed E-state index contributed by atoms with van der Waals surface area (Å²) in [6.45, 7) is 0.265. The highest BCUT2D eigenvalue weighted by Crippen LogP contribution is 2.27. The molecule has 0 saturated carbocycles. The molecule has 74 valence electrons. The minimum Gasteiger partial charge on any atom is -0.366 e. The molecule has 3 heteroatoms. The van der Waals surface area contributed by atoms with E-state index in [4.69, 9.17) is 4.74 Å². The van der Waals surface area contributed by atoms with Gasteiger partial charge in [-0.3, -0.25) is 4.79 Å². The lowest BCUT2D eigenvalue weighted by Gasteiger charge is -2.22. The van der Waals surface area contributed by atoms with Gasteiger partial charge in [0.1, 0.15) is 6.61 Å². The van der Waals surface area contributed by atoms with Crippen molar-refractivity contribution in [1.29, 1.82) is 0 Å². The molecular weight excluding hydrogens is 244 g/mol. The number of hydrogen-bond acceptors (Lipinski definition) is 2. The first-order chi connectivity index (χ1) is 6.75. The van der Waals surface area contributed by atoms with Gasteiger partial charge in [0.2, 0.25) is 0 Å². The highest BCUT2D eigenvalue weighted by molar-refractivity contribution is 9.10. The van der Waals surface area contributed by atoms with Crippen molar-refractivity contribution in [3.63, 3.8) is 0 Å². The summed E-state index contributed by atoms with van der Waals surface area (Å²) in [5, 5.41) is 0. The molecule has 0 spiro atoms. The van der Waals surface area contributed by atoms with Crippen molar-refractivity contribution in [1.82, 2.24) is 0 Å². The van der Waals surface area contributed by atoms with Crippen LogP contribution in [0, 0.1) is 0 Å². The zero-order valence-electron chi connectivity index (χ0n) is 7.70. The molecule has 1 saturated heterocycles. The Labute approximate surface area is 91.4 Å². The lowest BCUT2D eigenvalue weighted by Crippen LogP contribution is -2.20. The molecule has 14 heavy (non-hydrogen) atoms. The minimum absolute atomic E-state index is 0.0980. The predicted octanol–water partition coefficient (Wildman–Crippen LogP) is 2.87. The molecule has 1 heterocycles. The summed E-state index contributed by atoms with van der Waals surface area (Å²) < 4.78 is 6.51. The van der Waals surface area contributed by atoms with E-state index in [2.05, 4.69) is 15.9 Å². The Kier molecular flexibility index (Phi) is 2.99. The number of hydrogen-bond donors (Lipinski definition) is 0. The number of Topliss-reactive ketones (excluding diaryl/α,β-unsaturated/α-hetero) is 1. The quantitative estimate of drug-likeness (QED) is 0.771. The summed E-state index contributed by atoms with van der Waals surface area (Å²) >= 11 is 3.38. The molecule has 2 rings (SSSR count). The zero-order chi connectivity index (χ0) is 9.97. The second kappa shape index (κ2) is 4.24. The smallest absolute Gasteiger partial charge is 0.158 e. The molecule has 1 aromatic rings. The number of halogens is 1. The van der Waals surface area contributed by atoms with Crippen LogP contribution in [-0.4, -0.2) is 12.4 Å². The largest absolute Gasteiger partial charge is 0.366 e. The molecular formula is C11H11BrO2. The van der Waals surface area contributed by atoms with Crippen molar-refractivity contribution in [2.45, 2.75) is 18.9 Å². The van der Waals surface area contributed by atoms with Crippen molar-refractivity contribution in [2.24, 2.45) is 0 Å². The Bertz CT molecular complexity index is 322. The van der Waals surface area contributed by atoms with Gasteiger partial charge in [-0.1, -0.05) is 28.1 Å². The summed E-state index contributed by atoms with van der Waals surface area (Å²) in [5.74, 6) is 0.207. The van der Waals surface area contributed by atoms with Crippen LogP contribution in [0.2, 0.25) is 0 Å². The molecule has 1 aliphatic heterocycles. The SMILES string of the molecule is O=C1CC[C@H](c2ccc(Br)cc2)OC1. The van der Waals surface area contributed by atoms with Gasteiger partial charge >= 0.3 is 0 Å². The first-order valence-electron chi connectivity index (χ1n) is 4.64. The van der Waals surface area contributed by atoms with E-state index in [-0.39, 0.29) is 18.5 Å². The number of carbonyl (C=O) groups is 1. The standard InChI is InChI=1S/C11H11BrO2/c12-9-3-1-8(2-4-9)11-6-5-10(13)7-14-11/h1-4,11H,5-7H2/t11-/m1/s1. The average Bonchev–Trinajstić information content (AvgIpc) is 2.21. The van der Waals surface area contributed by atoms with Crippen LogP contribution in [0.15, 0.2) is 28.7 Å². The van der Waals surface area contributed by atoms with Crippen molar-refractivity contribution in [2.75, 3.05) is 6.61 Å². The van der Waals surface area contributed by atoms with Crippen LogP contribution < -0.4 is 0 Å². The number of ketones is 1. The van der Waals surface area contributed by atoms with Crippen LogP contribution in [0.5, 0.6) is 0 Å². The predicted molar refractivity (Wildman–Crippen MR) is 57.1 cm³/mol. The average molecular weight is 255 g/mol. The first-order valence-corrected chi connectivity index (χ1v) is 5.44. The van der Waals surface area contributed by atoms with Crippen LogP contribution in [0.4, 0.5) is 0 Å². The molecule has 1 aliphatic rings. The molecule has 0 unspecified atom stereocenters. The minimum atomic E-state index is 0.0980. The molecule has 0 radical (unpaired) electrons. The van der Waals surface area contributed by atoms with E-state index in [0.29, 0.717) is 6.42 Å². The van der Waals surface area contributed by atoms with Gasteiger partial charge in [0.15, 0.2) is 5.78 Å². The fourth-order valence-electron chi connectivity index (χ4n) is 1.58. The molecule has 0 amide bonds. The molecule has 1 aromatic carbocycles. The van der Waals surface area contributed by atoms with Crippen molar-refractivity contribution < 1.29 is 9.53 Å². The van der Waals surface area contributed by atoms with Gasteiger partial charge in [-0.15, -0.1) is 0 Å². The molecule has 2 nitrogen and oxygen atoms in total. The highest BCUT2D eigenvalue weighted by Gasteiger charge is 2.20. The molecule has 0 aromatic heterocycles. The number of ether oxygens (including phenoxy) is 1. The van der Waals surface area contributed by atoms with Crippen LogP contribution >= 0.6 is 15.9 Å². The van der Waals surface area contributed by atoms with Gasteiger partial charge in [-0.05, 0) is 24.1 Å². The summed E-state index contributed by atoms with van der Waals surface area (Å²) in [6, 6.07) is 8.05. The Balaban J connectivity index is 2.08. The Morgan fingerprint density at radius 3 is 2.57 bits per heavy atom. The maximum absolute atomic E-state index is 11.0. The maximum Gasteiger partial charge on any atom is 0.158 e. The summed E-state index contributed by atoms with van der Waals surface area (Å²) in [7, 11) is 0. The Morgan fingerprint density at radius 2 is 2.00 bits per heavy atom. The Morgan fingerprint density at radius 1 is 1.29 bits per heavy atom. The molecule has 1 atom stereocenters. The third-order valence-corrected chi connectivity index (χ3v) is 2.90. The van der Waals surface area contributed by atoms with E-state index >= 15 is 0 Å². The van der Waals surface area contributed by atoms with Gasteiger partial charge < -0.3 is 4.74 Å². The number of rotatable bonds is 1. The fourth-order valence-corrected chi connectivity index (χ4v) is 1.85. The van der Waals surface area contributed by atoms with Gasteiger partial charge in [0, 0.05) is 10.9 Å². The van der Waals surface area contributed by atoms with E-state index in [9.17, 15) is 4.79 Å². The lowest BCUT2D eigenvalue weighted by molar-refractivity contribution is -0.131. The van der Waals surface area contributed by atoms with Crippen molar-refractivity contribution >= 4 is 21.7 Å². The molecule has 0 bridgehead atoms. The molecule has 1 fully saturated rings. The second-order valence-corrected chi connectivity index (χ2v) is 4.34. The third kappa shape index (κ3) is 2.22. The second-order valence-electron chi connectivity index (χ2n) is 3.43. The maximum atomic E-state index is 11.0. The third-order valence-electron chi connectivity index (χ3n) is 2.37. The van der Waals surface area contributed by atoms with Crippen LogP contribution in [0.3, 0.4) is 0 Å². The fraction of sp³-hybridized carbons (Fsp3) is 0.364. The van der Waals surface area contributed by atoms with Gasteiger partial charge in [0.05, 0.1) is 6.10 Å². The first kappa shape index (κ1) is 9.87. The van der Waals surface area contributed by atoms with Crippen molar-refractivity contribution in [3.05, 3.63) is 34.3 Å². The van der Waals surface area contributed by atoms with Gasteiger partial charge in [-0.25, -0.2) is 0 Å². The van der Waals surface area contributed by atoms with Crippen LogP contribution in [-0.2, 0) is 9.53 Å². The molecule has 0 aliphatic carbocycles. The van der Waals surface area contributed by atoms with E-state index < -0.39 is 0 Å². The highest BCUT2D eigenvalue weighted by atomic mass is 79.9. The zero-order valence-corrected chi connectivity index (χ0v) is 9.29. The van der Waals surface area contributed by atoms with Gasteiger partial charge in [-0.2, -0.15) is 0 Å². The normalized spacial score (nSPS) is 22.4. The summed E-state index contributed by atoms with van der Waals surface area (Å²) in [4.78, 5) is 11.0. The summed E-state index contributed by atoms with van der Waals surface area (Å²) in [5.41, 5.74) is 1.15. The summed E-state index contributed by atoms with van der Waals surface area (Å²) in [6.07, 6.45) is 1.54. The number of carbonyl (C=O) groups excluding carboxylic acids is 1. The molecule has 0 N–H and O–H groups in total. The topological polar surface area (TPSA) is 26.3 Å². The monoisotopic (exact) mass is 254 g/mol. The van der Waals surface area contributed by atoms with Gasteiger partial charge in [0.25, 0.3) is 0 Å². The van der Waals surface area contributed by atoms with E-state index in [1.54, 1.807) is 0 Å². The van der Waals surface area contributed by atoms with Crippen LogP contribution in [0.25, 0.3) is 0 Å². The van der Waals surface area contributed by atoms with E-state index in [1.807, 2.05) is 24.3 Å².